The third-order valence-electron chi connectivity index (χ3n) is 4.30. The molecule has 0 radical (unpaired) electrons. The Morgan fingerprint density at radius 2 is 2.09 bits per heavy atom. The first-order chi connectivity index (χ1) is 10.7. The van der Waals surface area contributed by atoms with Crippen molar-refractivity contribution >= 4 is 37.6 Å². The molecule has 0 aliphatic carbocycles. The number of aryl methyl sites for hydroxylation is 2. The molecule has 1 aliphatic heterocycles. The second kappa shape index (κ2) is 5.10. The van der Waals surface area contributed by atoms with Crippen LogP contribution in [0.1, 0.15) is 11.3 Å². The second-order valence-corrected chi connectivity index (χ2v) is 6.79. The van der Waals surface area contributed by atoms with Crippen molar-refractivity contribution in [1.29, 1.82) is 0 Å². The van der Waals surface area contributed by atoms with Crippen molar-refractivity contribution in [3.63, 3.8) is 0 Å². The van der Waals surface area contributed by atoms with Crippen LogP contribution in [-0.2, 0) is 4.74 Å². The number of thiophene rings is 1. The average Bonchev–Trinajstić information content (AvgIpc) is 2.86. The molecule has 22 heavy (non-hydrogen) atoms. The third kappa shape index (κ3) is 1.96. The van der Waals surface area contributed by atoms with Crippen LogP contribution in [-0.4, -0.2) is 47.0 Å². The van der Waals surface area contributed by atoms with E-state index in [1.165, 1.54) is 0 Å². The zero-order valence-corrected chi connectivity index (χ0v) is 13.6. The van der Waals surface area contributed by atoms with Crippen LogP contribution < -0.4 is 4.90 Å². The summed E-state index contributed by atoms with van der Waals surface area (Å²) in [4.78, 5) is 12.2. The summed E-state index contributed by atoms with van der Waals surface area (Å²) in [6, 6.07) is 0. The molecule has 1 saturated heterocycles. The second-order valence-electron chi connectivity index (χ2n) is 5.79. The lowest BCUT2D eigenvalue weighted by Gasteiger charge is -2.39. The summed E-state index contributed by atoms with van der Waals surface area (Å²) < 4.78 is 6.33. The Bertz CT molecular complexity index is 856. The van der Waals surface area contributed by atoms with Gasteiger partial charge in [0.25, 0.3) is 0 Å². The van der Waals surface area contributed by atoms with Gasteiger partial charge in [0, 0.05) is 31.5 Å². The first kappa shape index (κ1) is 13.8. The fourth-order valence-electron chi connectivity index (χ4n) is 2.98. The quantitative estimate of drug-likeness (QED) is 0.739. The molecule has 3 aromatic heterocycles. The van der Waals surface area contributed by atoms with E-state index in [1.54, 1.807) is 24.8 Å². The van der Waals surface area contributed by atoms with Crippen LogP contribution in [0.15, 0.2) is 6.33 Å². The van der Waals surface area contributed by atoms with E-state index in [4.69, 9.17) is 4.74 Å². The number of fused-ring (bicyclic) bond motifs is 3. The number of rotatable bonds is 3. The molecule has 114 valence electrons. The Kier molecular flexibility index (Phi) is 3.19. The molecule has 1 aliphatic rings. The highest BCUT2D eigenvalue weighted by Crippen LogP contribution is 2.39. The highest BCUT2D eigenvalue weighted by molar-refractivity contribution is 7.26. The van der Waals surface area contributed by atoms with E-state index < -0.39 is 0 Å². The summed E-state index contributed by atoms with van der Waals surface area (Å²) in [5.41, 5.74) is 3.11. The molecule has 0 unspecified atom stereocenters. The summed E-state index contributed by atoms with van der Waals surface area (Å²) in [7, 11) is 1.75. The highest BCUT2D eigenvalue weighted by atomic mass is 32.1. The smallest absolute Gasteiger partial charge is 0.150 e. The van der Waals surface area contributed by atoms with Gasteiger partial charge in [-0.05, 0) is 19.4 Å². The number of ether oxygens (including phenoxy) is 1. The lowest BCUT2D eigenvalue weighted by molar-refractivity contribution is 0.137. The largest absolute Gasteiger partial charge is 0.384 e. The molecule has 0 saturated carbocycles. The number of nitrogens with zero attached hydrogens (tertiary/aromatic N) is 5. The molecule has 6 nitrogen and oxygen atoms in total. The first-order valence-electron chi connectivity index (χ1n) is 7.30. The lowest BCUT2D eigenvalue weighted by atomic mass is 10.0. The van der Waals surface area contributed by atoms with Crippen LogP contribution in [0.5, 0.6) is 0 Å². The fraction of sp³-hybridized carbons (Fsp3) is 0.467. The van der Waals surface area contributed by atoms with E-state index in [0.717, 1.165) is 57.2 Å². The van der Waals surface area contributed by atoms with Gasteiger partial charge in [0.1, 0.15) is 17.0 Å². The van der Waals surface area contributed by atoms with E-state index in [9.17, 15) is 0 Å². The van der Waals surface area contributed by atoms with Crippen molar-refractivity contribution in [2.75, 3.05) is 31.7 Å². The lowest BCUT2D eigenvalue weighted by Crippen LogP contribution is -2.49. The molecule has 0 N–H and O–H groups in total. The average molecular weight is 315 g/mol. The fourth-order valence-corrected chi connectivity index (χ4v) is 4.13. The Morgan fingerprint density at radius 3 is 2.86 bits per heavy atom. The molecule has 0 aromatic carbocycles. The summed E-state index contributed by atoms with van der Waals surface area (Å²) in [6.07, 6.45) is 1.66. The molecular weight excluding hydrogens is 298 g/mol. The van der Waals surface area contributed by atoms with E-state index in [1.807, 2.05) is 6.92 Å². The molecule has 4 rings (SSSR count). The van der Waals surface area contributed by atoms with Crippen LogP contribution in [0.25, 0.3) is 20.4 Å². The van der Waals surface area contributed by atoms with Crippen LogP contribution in [0.4, 0.5) is 5.82 Å². The van der Waals surface area contributed by atoms with E-state index >= 15 is 0 Å². The van der Waals surface area contributed by atoms with Crippen molar-refractivity contribution in [2.24, 2.45) is 5.92 Å². The molecule has 0 spiro atoms. The first-order valence-corrected chi connectivity index (χ1v) is 8.11. The van der Waals surface area contributed by atoms with Crippen LogP contribution >= 0.6 is 11.3 Å². The van der Waals surface area contributed by atoms with Crippen molar-refractivity contribution in [1.82, 2.24) is 20.2 Å². The van der Waals surface area contributed by atoms with Crippen LogP contribution in [0.3, 0.4) is 0 Å². The SMILES string of the molecule is COCC1CN(c2ncnc3c2sc2nnc(C)c(C)c23)C1. The summed E-state index contributed by atoms with van der Waals surface area (Å²) >= 11 is 1.63. The molecule has 4 heterocycles. The Hall–Kier alpha value is -1.86. The summed E-state index contributed by atoms with van der Waals surface area (Å²) in [5.74, 6) is 1.60. The minimum Gasteiger partial charge on any atom is -0.384 e. The van der Waals surface area contributed by atoms with E-state index in [2.05, 4.69) is 32.0 Å². The van der Waals surface area contributed by atoms with Gasteiger partial charge in [-0.1, -0.05) is 0 Å². The van der Waals surface area contributed by atoms with Crippen molar-refractivity contribution in [2.45, 2.75) is 13.8 Å². The Labute approximate surface area is 132 Å². The van der Waals surface area contributed by atoms with Crippen molar-refractivity contribution < 1.29 is 4.74 Å². The predicted octanol–water partition coefficient (Wildman–Crippen LogP) is 2.33. The van der Waals surface area contributed by atoms with Gasteiger partial charge in [-0.25, -0.2) is 9.97 Å². The molecule has 7 heteroatoms. The maximum Gasteiger partial charge on any atom is 0.150 e. The normalized spacial score (nSPS) is 15.7. The minimum absolute atomic E-state index is 0.591. The zero-order valence-electron chi connectivity index (χ0n) is 12.8. The van der Waals surface area contributed by atoms with E-state index in [0.29, 0.717) is 5.92 Å². The maximum absolute atomic E-state index is 5.22. The van der Waals surface area contributed by atoms with Gasteiger partial charge in [-0.3, -0.25) is 0 Å². The van der Waals surface area contributed by atoms with Gasteiger partial charge in [0.05, 0.1) is 22.5 Å². The van der Waals surface area contributed by atoms with Gasteiger partial charge in [0.15, 0.2) is 0 Å². The number of aromatic nitrogens is 4. The van der Waals surface area contributed by atoms with E-state index in [-0.39, 0.29) is 0 Å². The molecule has 3 aromatic rings. The van der Waals surface area contributed by atoms with Crippen molar-refractivity contribution in [3.8, 4) is 0 Å². The Balaban J connectivity index is 1.83. The number of hydrogen-bond donors (Lipinski definition) is 0. The molecular formula is C15H17N5OS. The molecule has 0 bridgehead atoms. The summed E-state index contributed by atoms with van der Waals surface area (Å²) in [5, 5.41) is 9.67. The summed E-state index contributed by atoms with van der Waals surface area (Å²) in [6.45, 7) is 6.84. The highest BCUT2D eigenvalue weighted by Gasteiger charge is 2.30. The van der Waals surface area contributed by atoms with Crippen molar-refractivity contribution in [3.05, 3.63) is 17.6 Å². The van der Waals surface area contributed by atoms with Gasteiger partial charge < -0.3 is 9.64 Å². The standard InChI is InChI=1S/C15H17N5OS/c1-8-9(2)18-19-15-11(8)12-13(22-15)14(17-7-16-12)20-4-10(5-20)6-21-3/h7,10H,4-6H2,1-3H3. The Morgan fingerprint density at radius 1 is 1.27 bits per heavy atom. The van der Waals surface area contributed by atoms with Crippen LogP contribution in [0, 0.1) is 19.8 Å². The van der Waals surface area contributed by atoms with Gasteiger partial charge in [-0.15, -0.1) is 16.4 Å². The monoisotopic (exact) mass is 315 g/mol. The molecule has 1 fully saturated rings. The maximum atomic E-state index is 5.22. The van der Waals surface area contributed by atoms with Gasteiger partial charge in [0.2, 0.25) is 0 Å². The predicted molar refractivity (Wildman–Crippen MR) is 87.6 cm³/mol. The van der Waals surface area contributed by atoms with Gasteiger partial charge >= 0.3 is 0 Å². The number of methoxy groups -OCH3 is 1. The topological polar surface area (TPSA) is 64.0 Å². The molecule has 0 atom stereocenters. The zero-order chi connectivity index (χ0) is 15.3. The molecule has 0 amide bonds. The number of hydrogen-bond acceptors (Lipinski definition) is 7. The van der Waals surface area contributed by atoms with Gasteiger partial charge in [-0.2, -0.15) is 5.10 Å². The third-order valence-corrected chi connectivity index (χ3v) is 5.36. The number of anilines is 1. The van der Waals surface area contributed by atoms with Crippen LogP contribution in [0.2, 0.25) is 0 Å². The minimum atomic E-state index is 0.591.